The fraction of sp³-hybridized carbons (Fsp3) is 0.400. The van der Waals surface area contributed by atoms with Gasteiger partial charge in [0.05, 0.1) is 19.9 Å². The third-order valence-corrected chi connectivity index (χ3v) is 2.85. The van der Waals surface area contributed by atoms with Crippen LogP contribution in [0.3, 0.4) is 0 Å². The van der Waals surface area contributed by atoms with Crippen LogP contribution in [0.5, 0.6) is 5.88 Å². The molecule has 2 aromatic heterocycles. The largest absolute Gasteiger partial charge is 0.481 e. The summed E-state index contributed by atoms with van der Waals surface area (Å²) in [5.41, 5.74) is 0. The molecule has 2 aromatic rings. The molecule has 0 bridgehead atoms. The summed E-state index contributed by atoms with van der Waals surface area (Å²) < 4.78 is 8.60. The van der Waals surface area contributed by atoms with Crippen molar-refractivity contribution >= 4 is 17.4 Å². The Labute approximate surface area is 104 Å². The zero-order valence-electron chi connectivity index (χ0n) is 9.94. The van der Waals surface area contributed by atoms with E-state index in [9.17, 15) is 0 Å². The summed E-state index contributed by atoms with van der Waals surface area (Å²) in [6.07, 6.45) is 1.62. The minimum Gasteiger partial charge on any atom is -0.481 e. The number of aryl methyl sites for hydroxylation is 1. The molecule has 0 radical (unpaired) electrons. The zero-order valence-corrected chi connectivity index (χ0v) is 10.7. The number of nitrogens with zero attached hydrogens (tertiary/aromatic N) is 4. The highest BCUT2D eigenvalue weighted by molar-refractivity contribution is 6.29. The van der Waals surface area contributed by atoms with Crippen LogP contribution in [0.1, 0.15) is 5.82 Å². The number of nitrogens with one attached hydrogen (secondary N) is 1. The summed E-state index contributed by atoms with van der Waals surface area (Å²) in [5, 5.41) is 8.01. The minimum atomic E-state index is 0.559. The summed E-state index contributed by atoms with van der Waals surface area (Å²) in [6.45, 7) is 0.559. The maximum absolute atomic E-state index is 5.90. The number of hydrogen-bond acceptors (Lipinski definition) is 4. The molecule has 1 N–H and O–H groups in total. The monoisotopic (exact) mass is 255 g/mol. The van der Waals surface area contributed by atoms with Crippen molar-refractivity contribution in [3.63, 3.8) is 0 Å². The van der Waals surface area contributed by atoms with Crippen LogP contribution in [0.25, 0.3) is 0 Å². The van der Waals surface area contributed by atoms with E-state index in [0.717, 1.165) is 11.6 Å². The van der Waals surface area contributed by atoms with E-state index in [1.807, 2.05) is 24.7 Å². The third-order valence-electron chi connectivity index (χ3n) is 2.50. The second-order valence-electron chi connectivity index (χ2n) is 3.61. The van der Waals surface area contributed by atoms with Crippen molar-refractivity contribution in [2.75, 3.05) is 12.4 Å². The highest BCUT2D eigenvalue weighted by Gasteiger charge is 2.07. The minimum absolute atomic E-state index is 0.559. The molecule has 0 amide bonds. The molecular weight excluding hydrogens is 242 g/mol. The van der Waals surface area contributed by atoms with Crippen molar-refractivity contribution < 1.29 is 4.74 Å². The van der Waals surface area contributed by atoms with Crippen molar-refractivity contribution in [1.29, 1.82) is 0 Å². The molecule has 92 valence electrons. The van der Waals surface area contributed by atoms with Crippen LogP contribution >= 0.6 is 11.6 Å². The Bertz CT molecular complexity index is 519. The lowest BCUT2D eigenvalue weighted by Crippen LogP contribution is -2.06. The number of imidazole rings is 1. The van der Waals surface area contributed by atoms with Crippen LogP contribution in [0, 0.1) is 0 Å². The number of ether oxygens (including phenoxy) is 1. The van der Waals surface area contributed by atoms with E-state index in [1.165, 1.54) is 0 Å². The predicted molar refractivity (Wildman–Crippen MR) is 65.3 cm³/mol. The number of hydrogen-bond donors (Lipinski definition) is 1. The first-order valence-electron chi connectivity index (χ1n) is 5.10. The van der Waals surface area contributed by atoms with Crippen molar-refractivity contribution in [2.24, 2.45) is 14.1 Å². The first-order chi connectivity index (χ1) is 8.11. The molecule has 7 heteroatoms. The van der Waals surface area contributed by atoms with Crippen LogP contribution in [0.4, 0.5) is 5.82 Å². The third kappa shape index (κ3) is 2.36. The molecule has 0 saturated carbocycles. The lowest BCUT2D eigenvalue weighted by Gasteiger charge is -2.03. The van der Waals surface area contributed by atoms with Gasteiger partial charge in [0.1, 0.15) is 11.0 Å². The van der Waals surface area contributed by atoms with Gasteiger partial charge in [-0.25, -0.2) is 9.67 Å². The Morgan fingerprint density at radius 3 is 2.76 bits per heavy atom. The lowest BCUT2D eigenvalue weighted by atomic mass is 10.5. The van der Waals surface area contributed by atoms with Gasteiger partial charge in [0.2, 0.25) is 5.88 Å². The van der Waals surface area contributed by atoms with Crippen LogP contribution in [0.2, 0.25) is 5.15 Å². The smallest absolute Gasteiger partial charge is 0.213 e. The van der Waals surface area contributed by atoms with E-state index in [1.54, 1.807) is 18.0 Å². The fourth-order valence-electron chi connectivity index (χ4n) is 1.49. The summed E-state index contributed by atoms with van der Waals surface area (Å²) >= 11 is 5.90. The van der Waals surface area contributed by atoms with E-state index < -0.39 is 0 Å². The molecule has 0 aliphatic rings. The van der Waals surface area contributed by atoms with E-state index in [2.05, 4.69) is 15.4 Å². The molecule has 2 rings (SSSR count). The van der Waals surface area contributed by atoms with Crippen molar-refractivity contribution in [2.45, 2.75) is 6.54 Å². The van der Waals surface area contributed by atoms with Gasteiger partial charge in [0.15, 0.2) is 5.82 Å². The van der Waals surface area contributed by atoms with E-state index in [-0.39, 0.29) is 0 Å². The predicted octanol–water partition coefficient (Wildman–Crippen LogP) is 1.43. The summed E-state index contributed by atoms with van der Waals surface area (Å²) in [6, 6.07) is 1.82. The molecule has 0 atom stereocenters. The lowest BCUT2D eigenvalue weighted by molar-refractivity contribution is 0.373. The van der Waals surface area contributed by atoms with Gasteiger partial charge < -0.3 is 14.6 Å². The molecule has 2 heterocycles. The topological polar surface area (TPSA) is 56.9 Å². The molecule has 0 spiro atoms. The molecule has 0 unspecified atom stereocenters. The molecule has 0 fully saturated rings. The standard InChI is InChI=1S/C10H14ClN5O/c1-15-7(11)5-13-9(15)6-12-8-4-10(17-3)16(2)14-8/h4-5H,6H2,1-3H3,(H,12,14). The zero-order chi connectivity index (χ0) is 12.4. The highest BCUT2D eigenvalue weighted by Crippen LogP contribution is 2.16. The molecule has 0 aliphatic heterocycles. The Morgan fingerprint density at radius 1 is 1.47 bits per heavy atom. The van der Waals surface area contributed by atoms with Crippen LogP contribution in [0.15, 0.2) is 12.3 Å². The number of rotatable bonds is 4. The van der Waals surface area contributed by atoms with Gasteiger partial charge >= 0.3 is 0 Å². The first kappa shape index (κ1) is 11.8. The second kappa shape index (κ2) is 4.67. The number of methoxy groups -OCH3 is 1. The average molecular weight is 256 g/mol. The Morgan fingerprint density at radius 2 is 2.24 bits per heavy atom. The average Bonchev–Trinajstić information content (AvgIpc) is 2.82. The first-order valence-corrected chi connectivity index (χ1v) is 5.47. The fourth-order valence-corrected chi connectivity index (χ4v) is 1.63. The quantitative estimate of drug-likeness (QED) is 0.898. The van der Waals surface area contributed by atoms with Crippen LogP contribution in [-0.2, 0) is 20.6 Å². The van der Waals surface area contributed by atoms with Gasteiger partial charge in [0.25, 0.3) is 0 Å². The SMILES string of the molecule is COc1cc(NCc2ncc(Cl)n2C)nn1C. The molecule has 0 saturated heterocycles. The van der Waals surface area contributed by atoms with Gasteiger partial charge in [-0.05, 0) is 0 Å². The van der Waals surface area contributed by atoms with E-state index in [0.29, 0.717) is 17.6 Å². The molecule has 17 heavy (non-hydrogen) atoms. The maximum atomic E-state index is 5.90. The number of aromatic nitrogens is 4. The van der Waals surface area contributed by atoms with Gasteiger partial charge in [-0.3, -0.25) is 0 Å². The van der Waals surface area contributed by atoms with Crippen molar-refractivity contribution in [1.82, 2.24) is 19.3 Å². The van der Waals surface area contributed by atoms with E-state index in [4.69, 9.17) is 16.3 Å². The number of halogens is 1. The van der Waals surface area contributed by atoms with Crippen molar-refractivity contribution in [3.8, 4) is 5.88 Å². The summed E-state index contributed by atoms with van der Waals surface area (Å²) in [7, 11) is 5.30. The Kier molecular flexibility index (Phi) is 3.23. The summed E-state index contributed by atoms with van der Waals surface area (Å²) in [5.74, 6) is 2.29. The Hall–Kier alpha value is -1.69. The van der Waals surface area contributed by atoms with Gasteiger partial charge in [0, 0.05) is 20.2 Å². The van der Waals surface area contributed by atoms with E-state index >= 15 is 0 Å². The van der Waals surface area contributed by atoms with Gasteiger partial charge in [-0.2, -0.15) is 5.10 Å². The van der Waals surface area contributed by atoms with Gasteiger partial charge in [-0.15, -0.1) is 0 Å². The summed E-state index contributed by atoms with van der Waals surface area (Å²) in [4.78, 5) is 4.18. The maximum Gasteiger partial charge on any atom is 0.213 e. The highest BCUT2D eigenvalue weighted by atomic mass is 35.5. The molecular formula is C10H14ClN5O. The van der Waals surface area contributed by atoms with Crippen LogP contribution in [-0.4, -0.2) is 26.4 Å². The van der Waals surface area contributed by atoms with Crippen LogP contribution < -0.4 is 10.1 Å². The molecule has 6 nitrogen and oxygen atoms in total. The van der Waals surface area contributed by atoms with Gasteiger partial charge in [-0.1, -0.05) is 11.6 Å². The molecule has 0 aliphatic carbocycles. The number of anilines is 1. The van der Waals surface area contributed by atoms with Crippen molar-refractivity contribution in [3.05, 3.63) is 23.2 Å². The second-order valence-corrected chi connectivity index (χ2v) is 3.99. The normalized spacial score (nSPS) is 10.6. The Balaban J connectivity index is 2.04. The molecule has 0 aromatic carbocycles.